The molecule has 118 valence electrons. The smallest absolute Gasteiger partial charge is 0.250 e. The van der Waals surface area contributed by atoms with Gasteiger partial charge in [0.2, 0.25) is 0 Å². The molecule has 4 nitrogen and oxygen atoms in total. The Bertz CT molecular complexity index is 541. The Morgan fingerprint density at radius 3 is 2.86 bits per heavy atom. The molecule has 2 aliphatic heterocycles. The van der Waals surface area contributed by atoms with E-state index in [2.05, 4.69) is 41.4 Å². The predicted octanol–water partition coefficient (Wildman–Crippen LogP) is 2.32. The zero-order chi connectivity index (χ0) is 15.4. The van der Waals surface area contributed by atoms with Crippen molar-refractivity contribution in [2.24, 2.45) is 5.92 Å². The first-order valence-corrected chi connectivity index (χ1v) is 8.10. The number of ether oxygens (including phenoxy) is 1. The average Bonchev–Trinajstić information content (AvgIpc) is 2.88. The van der Waals surface area contributed by atoms with Crippen LogP contribution in [-0.4, -0.2) is 36.5 Å². The molecule has 2 aliphatic rings. The topological polar surface area (TPSA) is 41.6 Å². The molecular weight excluding hydrogens is 276 g/mol. The SMILES string of the molecule is C[C@H]1CN(Cc2ccccc2)C[C@H]1NC(=O)C1=COCCC1. The van der Waals surface area contributed by atoms with Gasteiger partial charge < -0.3 is 10.1 Å². The van der Waals surface area contributed by atoms with E-state index in [4.69, 9.17) is 4.74 Å². The van der Waals surface area contributed by atoms with Crippen molar-refractivity contribution in [2.45, 2.75) is 32.4 Å². The van der Waals surface area contributed by atoms with E-state index in [9.17, 15) is 4.79 Å². The number of hydrogen-bond acceptors (Lipinski definition) is 3. The predicted molar refractivity (Wildman–Crippen MR) is 86.1 cm³/mol. The Kier molecular flexibility index (Phi) is 4.78. The molecular formula is C18H24N2O2. The summed E-state index contributed by atoms with van der Waals surface area (Å²) in [6.45, 7) is 5.82. The Labute approximate surface area is 132 Å². The van der Waals surface area contributed by atoms with E-state index in [0.717, 1.165) is 44.7 Å². The second-order valence-corrected chi connectivity index (χ2v) is 6.35. The summed E-state index contributed by atoms with van der Waals surface area (Å²) in [5, 5.41) is 3.19. The van der Waals surface area contributed by atoms with Crippen molar-refractivity contribution in [3.8, 4) is 0 Å². The summed E-state index contributed by atoms with van der Waals surface area (Å²) in [6, 6.07) is 10.7. The van der Waals surface area contributed by atoms with Crippen LogP contribution in [0, 0.1) is 5.92 Å². The first-order chi connectivity index (χ1) is 10.7. The number of carbonyl (C=O) groups is 1. The lowest BCUT2D eigenvalue weighted by molar-refractivity contribution is -0.118. The summed E-state index contributed by atoms with van der Waals surface area (Å²) in [5.74, 6) is 0.510. The lowest BCUT2D eigenvalue weighted by atomic mass is 10.0. The van der Waals surface area contributed by atoms with Crippen LogP contribution in [0.5, 0.6) is 0 Å². The molecule has 3 rings (SSSR count). The van der Waals surface area contributed by atoms with Crippen LogP contribution in [0.15, 0.2) is 42.2 Å². The summed E-state index contributed by atoms with van der Waals surface area (Å²) >= 11 is 0. The Hall–Kier alpha value is -1.81. The number of hydrogen-bond donors (Lipinski definition) is 1. The molecule has 4 heteroatoms. The summed E-state index contributed by atoms with van der Waals surface area (Å²) in [7, 11) is 0. The van der Waals surface area contributed by atoms with E-state index in [0.29, 0.717) is 5.92 Å². The second kappa shape index (κ2) is 6.97. The molecule has 2 atom stereocenters. The third kappa shape index (κ3) is 3.69. The van der Waals surface area contributed by atoms with Crippen LogP contribution < -0.4 is 5.32 Å². The standard InChI is InChI=1S/C18H24N2O2/c1-14-10-20(11-15-6-3-2-4-7-15)12-17(14)19-18(21)16-8-5-9-22-13-16/h2-4,6-7,13-14,17H,5,8-12H2,1H3,(H,19,21)/t14-,17+/m0/s1. The normalized spacial score (nSPS) is 25.4. The largest absolute Gasteiger partial charge is 0.501 e. The lowest BCUT2D eigenvalue weighted by Crippen LogP contribution is -2.40. The Morgan fingerprint density at radius 1 is 1.32 bits per heavy atom. The molecule has 1 amide bonds. The highest BCUT2D eigenvalue weighted by Gasteiger charge is 2.31. The van der Waals surface area contributed by atoms with Crippen LogP contribution >= 0.6 is 0 Å². The third-order valence-corrected chi connectivity index (χ3v) is 4.48. The maximum absolute atomic E-state index is 12.3. The van der Waals surface area contributed by atoms with Crippen molar-refractivity contribution in [1.82, 2.24) is 10.2 Å². The van der Waals surface area contributed by atoms with Gasteiger partial charge >= 0.3 is 0 Å². The van der Waals surface area contributed by atoms with Gasteiger partial charge in [0.25, 0.3) is 5.91 Å². The quantitative estimate of drug-likeness (QED) is 0.928. The van der Waals surface area contributed by atoms with Crippen molar-refractivity contribution >= 4 is 5.91 Å². The van der Waals surface area contributed by atoms with Crippen molar-refractivity contribution in [3.63, 3.8) is 0 Å². The second-order valence-electron chi connectivity index (χ2n) is 6.35. The van der Waals surface area contributed by atoms with Crippen LogP contribution in [0.3, 0.4) is 0 Å². The zero-order valence-electron chi connectivity index (χ0n) is 13.1. The van der Waals surface area contributed by atoms with E-state index in [1.807, 2.05) is 6.07 Å². The number of carbonyl (C=O) groups excluding carboxylic acids is 1. The van der Waals surface area contributed by atoms with Gasteiger partial charge in [-0.05, 0) is 24.3 Å². The van der Waals surface area contributed by atoms with Crippen molar-refractivity contribution in [1.29, 1.82) is 0 Å². The van der Waals surface area contributed by atoms with Crippen LogP contribution in [0.2, 0.25) is 0 Å². The average molecular weight is 300 g/mol. The molecule has 0 radical (unpaired) electrons. The fraction of sp³-hybridized carbons (Fsp3) is 0.500. The van der Waals surface area contributed by atoms with E-state index >= 15 is 0 Å². The summed E-state index contributed by atoms with van der Waals surface area (Å²) in [4.78, 5) is 14.7. The minimum atomic E-state index is 0.0399. The molecule has 0 bridgehead atoms. The van der Waals surface area contributed by atoms with Crippen LogP contribution in [0.25, 0.3) is 0 Å². The molecule has 0 unspecified atom stereocenters. The van der Waals surface area contributed by atoms with Gasteiger partial charge in [0.1, 0.15) is 0 Å². The molecule has 1 aromatic rings. The minimum absolute atomic E-state index is 0.0399. The van der Waals surface area contributed by atoms with Gasteiger partial charge in [-0.1, -0.05) is 37.3 Å². The molecule has 0 spiro atoms. The van der Waals surface area contributed by atoms with Crippen molar-refractivity contribution in [2.75, 3.05) is 19.7 Å². The van der Waals surface area contributed by atoms with Gasteiger partial charge in [0.05, 0.1) is 18.4 Å². The molecule has 0 aromatic heterocycles. The molecule has 0 aliphatic carbocycles. The van der Waals surface area contributed by atoms with Crippen LogP contribution in [0.4, 0.5) is 0 Å². The minimum Gasteiger partial charge on any atom is -0.501 e. The third-order valence-electron chi connectivity index (χ3n) is 4.48. The van der Waals surface area contributed by atoms with Crippen molar-refractivity contribution in [3.05, 3.63) is 47.7 Å². The first-order valence-electron chi connectivity index (χ1n) is 8.10. The first kappa shape index (κ1) is 15.1. The monoisotopic (exact) mass is 300 g/mol. The van der Waals surface area contributed by atoms with Gasteiger partial charge in [0, 0.05) is 25.7 Å². The highest BCUT2D eigenvalue weighted by molar-refractivity contribution is 5.93. The molecule has 2 heterocycles. The Morgan fingerprint density at radius 2 is 2.14 bits per heavy atom. The summed E-state index contributed by atoms with van der Waals surface area (Å²) in [6.07, 6.45) is 3.38. The van der Waals surface area contributed by atoms with Crippen molar-refractivity contribution < 1.29 is 9.53 Å². The zero-order valence-corrected chi connectivity index (χ0v) is 13.1. The highest BCUT2D eigenvalue weighted by Crippen LogP contribution is 2.20. The molecule has 0 saturated carbocycles. The number of amides is 1. The number of likely N-dealkylation sites (tertiary alicyclic amines) is 1. The maximum atomic E-state index is 12.3. The molecule has 1 aromatic carbocycles. The number of nitrogens with zero attached hydrogens (tertiary/aromatic N) is 1. The van der Waals surface area contributed by atoms with Gasteiger partial charge in [-0.2, -0.15) is 0 Å². The number of rotatable bonds is 4. The van der Waals surface area contributed by atoms with Gasteiger partial charge in [0.15, 0.2) is 0 Å². The van der Waals surface area contributed by atoms with Gasteiger partial charge in [-0.3, -0.25) is 9.69 Å². The fourth-order valence-electron chi connectivity index (χ4n) is 3.22. The number of nitrogens with one attached hydrogen (secondary N) is 1. The molecule has 22 heavy (non-hydrogen) atoms. The molecule has 1 saturated heterocycles. The molecule has 1 N–H and O–H groups in total. The van der Waals surface area contributed by atoms with E-state index in [1.165, 1.54) is 5.56 Å². The summed E-state index contributed by atoms with van der Waals surface area (Å²) < 4.78 is 5.26. The van der Waals surface area contributed by atoms with Crippen LogP contribution in [0.1, 0.15) is 25.3 Å². The fourth-order valence-corrected chi connectivity index (χ4v) is 3.22. The number of benzene rings is 1. The highest BCUT2D eigenvalue weighted by atomic mass is 16.5. The van der Waals surface area contributed by atoms with E-state index in [-0.39, 0.29) is 11.9 Å². The van der Waals surface area contributed by atoms with E-state index in [1.54, 1.807) is 6.26 Å². The summed E-state index contributed by atoms with van der Waals surface area (Å²) in [5.41, 5.74) is 2.10. The lowest BCUT2D eigenvalue weighted by Gasteiger charge is -2.19. The van der Waals surface area contributed by atoms with Gasteiger partial charge in [-0.15, -0.1) is 0 Å². The molecule has 1 fully saturated rings. The Balaban J connectivity index is 1.54. The van der Waals surface area contributed by atoms with E-state index < -0.39 is 0 Å². The van der Waals surface area contributed by atoms with Crippen LogP contribution in [-0.2, 0) is 16.1 Å². The van der Waals surface area contributed by atoms with Gasteiger partial charge in [-0.25, -0.2) is 0 Å². The maximum Gasteiger partial charge on any atom is 0.250 e.